The van der Waals surface area contributed by atoms with Crippen LogP contribution in [0.3, 0.4) is 0 Å². The Hall–Kier alpha value is -0.120. The minimum Gasteiger partial charge on any atom is -0.373 e. The molecule has 3 rings (SSSR count). The van der Waals surface area contributed by atoms with Crippen LogP contribution in [0.15, 0.2) is 0 Å². The molecule has 3 heteroatoms. The topological polar surface area (TPSA) is 47.3 Å². The van der Waals surface area contributed by atoms with Crippen LogP contribution in [0.1, 0.15) is 77.0 Å². The molecule has 3 nitrogen and oxygen atoms in total. The highest BCUT2D eigenvalue weighted by atomic mass is 16.5. The highest BCUT2D eigenvalue weighted by molar-refractivity contribution is 4.91. The van der Waals surface area contributed by atoms with Crippen molar-refractivity contribution in [1.82, 2.24) is 5.32 Å². The number of rotatable bonds is 4. The van der Waals surface area contributed by atoms with Crippen LogP contribution in [0.4, 0.5) is 0 Å². The summed E-state index contributed by atoms with van der Waals surface area (Å²) in [6.45, 7) is 0. The molecule has 20 heavy (non-hydrogen) atoms. The van der Waals surface area contributed by atoms with E-state index < -0.39 is 0 Å². The van der Waals surface area contributed by atoms with E-state index in [9.17, 15) is 0 Å². The maximum Gasteiger partial charge on any atom is 0.0731 e. The van der Waals surface area contributed by atoms with E-state index in [0.29, 0.717) is 30.3 Å². The summed E-state index contributed by atoms with van der Waals surface area (Å²) in [5.74, 6) is 0. The standard InChI is InChI=1S/C17H32N2O/c18-14-9-3-4-10-15(14)19-16-11-5-6-12-17(16)20-13-7-1-2-8-13/h13-17,19H,1-12,18H2/t14-,15+,16-,17-/m1/s1. The zero-order valence-electron chi connectivity index (χ0n) is 12.9. The Kier molecular flexibility index (Phi) is 5.36. The van der Waals surface area contributed by atoms with Crippen LogP contribution >= 0.6 is 0 Å². The number of hydrogen-bond acceptors (Lipinski definition) is 3. The van der Waals surface area contributed by atoms with Gasteiger partial charge in [0.05, 0.1) is 12.2 Å². The zero-order valence-corrected chi connectivity index (χ0v) is 12.9. The Bertz CT molecular complexity index is 291. The maximum atomic E-state index is 6.44. The number of nitrogens with two attached hydrogens (primary N) is 1. The molecule has 0 bridgehead atoms. The van der Waals surface area contributed by atoms with Crippen LogP contribution < -0.4 is 11.1 Å². The molecule has 0 spiro atoms. The van der Waals surface area contributed by atoms with Gasteiger partial charge in [-0.05, 0) is 38.5 Å². The number of nitrogens with one attached hydrogen (secondary N) is 1. The molecule has 3 fully saturated rings. The summed E-state index contributed by atoms with van der Waals surface area (Å²) >= 11 is 0. The fourth-order valence-electron chi connectivity index (χ4n) is 4.36. The van der Waals surface area contributed by atoms with Gasteiger partial charge in [-0.2, -0.15) is 0 Å². The summed E-state index contributed by atoms with van der Waals surface area (Å²) in [5, 5.41) is 3.88. The Morgan fingerprint density at radius 2 is 1.30 bits per heavy atom. The Morgan fingerprint density at radius 1 is 0.700 bits per heavy atom. The average molecular weight is 280 g/mol. The first kappa shape index (κ1) is 14.8. The molecular weight excluding hydrogens is 248 g/mol. The van der Waals surface area contributed by atoms with Crippen molar-refractivity contribution < 1.29 is 4.74 Å². The van der Waals surface area contributed by atoms with Crippen molar-refractivity contribution in [2.45, 2.75) is 107 Å². The zero-order chi connectivity index (χ0) is 13.8. The van der Waals surface area contributed by atoms with Crippen molar-refractivity contribution >= 4 is 0 Å². The molecule has 0 radical (unpaired) electrons. The second-order valence-electron chi connectivity index (χ2n) is 7.19. The molecule has 0 aliphatic heterocycles. The molecule has 0 saturated heterocycles. The predicted octanol–water partition coefficient (Wildman–Crippen LogP) is 3.12. The van der Waals surface area contributed by atoms with E-state index in [1.807, 2.05) is 0 Å². The van der Waals surface area contributed by atoms with Crippen molar-refractivity contribution in [2.24, 2.45) is 5.73 Å². The quantitative estimate of drug-likeness (QED) is 0.832. The largest absolute Gasteiger partial charge is 0.373 e. The predicted molar refractivity (Wildman–Crippen MR) is 82.8 cm³/mol. The van der Waals surface area contributed by atoms with E-state index in [1.54, 1.807) is 0 Å². The van der Waals surface area contributed by atoms with Crippen LogP contribution in [-0.2, 0) is 4.74 Å². The fourth-order valence-corrected chi connectivity index (χ4v) is 4.36. The van der Waals surface area contributed by atoms with Gasteiger partial charge in [-0.25, -0.2) is 0 Å². The normalized spacial score (nSPS) is 40.0. The third-order valence-electron chi connectivity index (χ3n) is 5.62. The molecule has 0 unspecified atom stereocenters. The summed E-state index contributed by atoms with van der Waals surface area (Å²) in [5.41, 5.74) is 6.30. The van der Waals surface area contributed by atoms with Crippen molar-refractivity contribution in [1.29, 1.82) is 0 Å². The molecule has 3 N–H and O–H groups in total. The number of hydrogen-bond donors (Lipinski definition) is 2. The van der Waals surface area contributed by atoms with Crippen LogP contribution in [0, 0.1) is 0 Å². The second-order valence-corrected chi connectivity index (χ2v) is 7.19. The fraction of sp³-hybridized carbons (Fsp3) is 1.00. The lowest BCUT2D eigenvalue weighted by atomic mass is 9.87. The molecular formula is C17H32N2O. The average Bonchev–Trinajstić information content (AvgIpc) is 2.96. The lowest BCUT2D eigenvalue weighted by Crippen LogP contribution is -2.55. The smallest absolute Gasteiger partial charge is 0.0731 e. The maximum absolute atomic E-state index is 6.44. The molecule has 3 aliphatic carbocycles. The van der Waals surface area contributed by atoms with Gasteiger partial charge in [-0.1, -0.05) is 38.5 Å². The minimum absolute atomic E-state index is 0.359. The lowest BCUT2D eigenvalue weighted by Gasteiger charge is -2.39. The van der Waals surface area contributed by atoms with E-state index in [-0.39, 0.29) is 0 Å². The highest BCUT2D eigenvalue weighted by Gasteiger charge is 2.32. The highest BCUT2D eigenvalue weighted by Crippen LogP contribution is 2.29. The molecule has 3 aliphatic rings. The van der Waals surface area contributed by atoms with Crippen molar-refractivity contribution in [2.75, 3.05) is 0 Å². The molecule has 0 amide bonds. The molecule has 116 valence electrons. The molecule has 0 heterocycles. The first-order valence-electron chi connectivity index (χ1n) is 9.00. The van der Waals surface area contributed by atoms with E-state index in [2.05, 4.69) is 5.32 Å². The van der Waals surface area contributed by atoms with Crippen LogP contribution in [0.25, 0.3) is 0 Å². The van der Waals surface area contributed by atoms with E-state index >= 15 is 0 Å². The van der Waals surface area contributed by atoms with Crippen LogP contribution in [0.5, 0.6) is 0 Å². The number of ether oxygens (including phenoxy) is 1. The summed E-state index contributed by atoms with van der Waals surface area (Å²) in [7, 11) is 0. The van der Waals surface area contributed by atoms with Gasteiger partial charge in [0.15, 0.2) is 0 Å². The van der Waals surface area contributed by atoms with Crippen molar-refractivity contribution in [3.05, 3.63) is 0 Å². The van der Waals surface area contributed by atoms with Gasteiger partial charge in [-0.15, -0.1) is 0 Å². The van der Waals surface area contributed by atoms with Crippen LogP contribution in [-0.4, -0.2) is 30.3 Å². The van der Waals surface area contributed by atoms with Crippen LogP contribution in [0.2, 0.25) is 0 Å². The first-order chi connectivity index (χ1) is 9.83. The SMILES string of the molecule is N[C@@H]1CCCC[C@@H]1N[C@@H]1CCCC[C@H]1OC1CCCC1. The first-order valence-corrected chi connectivity index (χ1v) is 9.00. The third-order valence-corrected chi connectivity index (χ3v) is 5.62. The lowest BCUT2D eigenvalue weighted by molar-refractivity contribution is -0.0465. The molecule has 3 saturated carbocycles. The van der Waals surface area contributed by atoms with Crippen molar-refractivity contribution in [3.8, 4) is 0 Å². The Balaban J connectivity index is 1.53. The van der Waals surface area contributed by atoms with Gasteiger partial charge in [-0.3, -0.25) is 0 Å². The minimum atomic E-state index is 0.359. The summed E-state index contributed by atoms with van der Waals surface area (Å²) in [6, 6.07) is 1.44. The monoisotopic (exact) mass is 280 g/mol. The summed E-state index contributed by atoms with van der Waals surface area (Å²) < 4.78 is 6.44. The van der Waals surface area contributed by atoms with E-state index in [1.165, 1.54) is 77.0 Å². The molecule has 0 aromatic rings. The Labute approximate surface area is 124 Å². The van der Waals surface area contributed by atoms with Gasteiger partial charge in [0, 0.05) is 18.1 Å². The summed E-state index contributed by atoms with van der Waals surface area (Å²) in [4.78, 5) is 0. The van der Waals surface area contributed by atoms with Gasteiger partial charge >= 0.3 is 0 Å². The van der Waals surface area contributed by atoms with Crippen molar-refractivity contribution in [3.63, 3.8) is 0 Å². The van der Waals surface area contributed by atoms with Gasteiger partial charge in [0.1, 0.15) is 0 Å². The van der Waals surface area contributed by atoms with Gasteiger partial charge in [0.2, 0.25) is 0 Å². The summed E-state index contributed by atoms with van der Waals surface area (Å²) in [6.07, 6.45) is 16.6. The Morgan fingerprint density at radius 3 is 2.05 bits per heavy atom. The van der Waals surface area contributed by atoms with Gasteiger partial charge < -0.3 is 15.8 Å². The van der Waals surface area contributed by atoms with Gasteiger partial charge in [0.25, 0.3) is 0 Å². The molecule has 0 aromatic carbocycles. The second kappa shape index (κ2) is 7.24. The molecule has 0 aromatic heterocycles. The van der Waals surface area contributed by atoms with E-state index in [4.69, 9.17) is 10.5 Å². The van der Waals surface area contributed by atoms with E-state index in [0.717, 1.165) is 0 Å². The third kappa shape index (κ3) is 3.75. The molecule has 4 atom stereocenters.